The molecule has 0 bridgehead atoms. The number of nitrogens with two attached hydrogens (primary N) is 1. The fourth-order valence-corrected chi connectivity index (χ4v) is 2.54. The molecule has 2 aromatic heterocycles. The van der Waals surface area contributed by atoms with Crippen molar-refractivity contribution in [2.75, 3.05) is 23.7 Å². The quantitative estimate of drug-likeness (QED) is 0.893. The molecule has 2 N–H and O–H groups in total. The Morgan fingerprint density at radius 1 is 1.33 bits per heavy atom. The second-order valence-electron chi connectivity index (χ2n) is 5.34. The SMILES string of the molecule is CC1CCN(c2nn(-c3cnccn3)c(N)c2C#N)CC1. The standard InChI is InChI=1S/C14H17N7/c1-10-2-6-20(7-3-10)14-11(8-15)13(16)21(19-14)12-9-17-4-5-18-12/h4-5,9-10H,2-3,6-7,16H2,1H3. The van der Waals surface area contributed by atoms with Gasteiger partial charge in [0, 0.05) is 25.5 Å². The van der Waals surface area contributed by atoms with Crippen molar-refractivity contribution in [2.45, 2.75) is 19.8 Å². The molecule has 1 aliphatic rings. The first-order valence-electron chi connectivity index (χ1n) is 7.00. The first kappa shape index (κ1) is 13.4. The summed E-state index contributed by atoms with van der Waals surface area (Å²) in [6, 6.07) is 2.16. The van der Waals surface area contributed by atoms with Gasteiger partial charge in [0.15, 0.2) is 11.6 Å². The molecule has 0 saturated carbocycles. The van der Waals surface area contributed by atoms with Crippen molar-refractivity contribution < 1.29 is 0 Å². The molecular weight excluding hydrogens is 266 g/mol. The summed E-state index contributed by atoms with van der Waals surface area (Å²) in [5.41, 5.74) is 6.48. The third-order valence-electron chi connectivity index (χ3n) is 3.86. The molecule has 1 aliphatic heterocycles. The molecule has 3 rings (SSSR count). The van der Waals surface area contributed by atoms with E-state index in [1.807, 2.05) is 0 Å². The maximum atomic E-state index is 9.40. The number of hydrogen-bond donors (Lipinski definition) is 1. The van der Waals surface area contributed by atoms with Gasteiger partial charge in [-0.3, -0.25) is 4.98 Å². The van der Waals surface area contributed by atoms with E-state index in [0.717, 1.165) is 25.9 Å². The van der Waals surface area contributed by atoms with Gasteiger partial charge in [0.2, 0.25) is 0 Å². The van der Waals surface area contributed by atoms with Gasteiger partial charge in [-0.15, -0.1) is 5.10 Å². The van der Waals surface area contributed by atoms with Crippen molar-refractivity contribution in [1.29, 1.82) is 5.26 Å². The van der Waals surface area contributed by atoms with E-state index < -0.39 is 0 Å². The lowest BCUT2D eigenvalue weighted by atomic mass is 9.99. The van der Waals surface area contributed by atoms with Crippen molar-refractivity contribution in [2.24, 2.45) is 5.92 Å². The second kappa shape index (κ2) is 5.40. The number of nitrogen functional groups attached to an aromatic ring is 1. The lowest BCUT2D eigenvalue weighted by Crippen LogP contribution is -2.33. The number of piperidine rings is 1. The molecule has 7 heteroatoms. The van der Waals surface area contributed by atoms with Gasteiger partial charge in [0.1, 0.15) is 17.5 Å². The van der Waals surface area contributed by atoms with Crippen LogP contribution >= 0.6 is 0 Å². The van der Waals surface area contributed by atoms with Gasteiger partial charge in [-0.25, -0.2) is 4.98 Å². The normalized spacial score (nSPS) is 15.9. The molecule has 0 aliphatic carbocycles. The van der Waals surface area contributed by atoms with Gasteiger partial charge in [-0.05, 0) is 18.8 Å². The molecule has 1 fully saturated rings. The Bertz CT molecular complexity index is 663. The van der Waals surface area contributed by atoms with Crippen molar-refractivity contribution >= 4 is 11.6 Å². The highest BCUT2D eigenvalue weighted by Crippen LogP contribution is 2.29. The zero-order valence-corrected chi connectivity index (χ0v) is 11.9. The van der Waals surface area contributed by atoms with Gasteiger partial charge in [0.25, 0.3) is 0 Å². The predicted octanol–water partition coefficient (Wildman–Crippen LogP) is 1.35. The number of anilines is 2. The van der Waals surface area contributed by atoms with E-state index in [9.17, 15) is 5.26 Å². The van der Waals surface area contributed by atoms with Crippen LogP contribution in [0.3, 0.4) is 0 Å². The molecular formula is C14H17N7. The van der Waals surface area contributed by atoms with Crippen molar-refractivity contribution in [1.82, 2.24) is 19.7 Å². The average Bonchev–Trinajstić information content (AvgIpc) is 2.85. The molecule has 0 aromatic carbocycles. The third kappa shape index (κ3) is 2.40. The topological polar surface area (TPSA) is 96.7 Å². The Labute approximate surface area is 123 Å². The molecule has 3 heterocycles. The fourth-order valence-electron chi connectivity index (χ4n) is 2.54. The Morgan fingerprint density at radius 2 is 2.10 bits per heavy atom. The molecule has 7 nitrogen and oxygen atoms in total. The minimum Gasteiger partial charge on any atom is -0.382 e. The van der Waals surface area contributed by atoms with Gasteiger partial charge in [0.05, 0.1) is 6.20 Å². The molecule has 0 atom stereocenters. The number of aromatic nitrogens is 4. The summed E-state index contributed by atoms with van der Waals surface area (Å²) in [6.45, 7) is 4.04. The molecule has 0 radical (unpaired) electrons. The monoisotopic (exact) mass is 283 g/mol. The van der Waals surface area contributed by atoms with E-state index in [1.165, 1.54) is 4.68 Å². The van der Waals surface area contributed by atoms with Gasteiger partial charge in [-0.1, -0.05) is 6.92 Å². The highest BCUT2D eigenvalue weighted by Gasteiger charge is 2.25. The second-order valence-corrected chi connectivity index (χ2v) is 5.34. The largest absolute Gasteiger partial charge is 0.382 e. The van der Waals surface area contributed by atoms with Crippen LogP contribution in [0.1, 0.15) is 25.3 Å². The van der Waals surface area contributed by atoms with Gasteiger partial charge >= 0.3 is 0 Å². The van der Waals surface area contributed by atoms with Crippen LogP contribution in [0.5, 0.6) is 0 Å². The summed E-state index contributed by atoms with van der Waals surface area (Å²) in [5.74, 6) is 2.19. The smallest absolute Gasteiger partial charge is 0.174 e. The summed E-state index contributed by atoms with van der Waals surface area (Å²) in [6.07, 6.45) is 6.93. The molecule has 21 heavy (non-hydrogen) atoms. The Balaban J connectivity index is 2.00. The van der Waals surface area contributed by atoms with E-state index >= 15 is 0 Å². The summed E-state index contributed by atoms with van der Waals surface area (Å²) in [7, 11) is 0. The molecule has 0 spiro atoms. The first-order chi connectivity index (χ1) is 10.2. The number of nitriles is 1. The van der Waals surface area contributed by atoms with Gasteiger partial charge in [-0.2, -0.15) is 9.94 Å². The summed E-state index contributed by atoms with van der Waals surface area (Å²) >= 11 is 0. The zero-order valence-electron chi connectivity index (χ0n) is 11.9. The summed E-state index contributed by atoms with van der Waals surface area (Å²) < 4.78 is 1.49. The lowest BCUT2D eigenvalue weighted by Gasteiger charge is -2.30. The van der Waals surface area contributed by atoms with E-state index in [2.05, 4.69) is 33.0 Å². The molecule has 2 aromatic rings. The molecule has 0 unspecified atom stereocenters. The predicted molar refractivity (Wildman–Crippen MR) is 78.9 cm³/mol. The van der Waals surface area contributed by atoms with E-state index in [1.54, 1.807) is 18.6 Å². The van der Waals surface area contributed by atoms with Crippen LogP contribution in [0.2, 0.25) is 0 Å². The molecule has 0 amide bonds. The van der Waals surface area contributed by atoms with Crippen LogP contribution in [0.25, 0.3) is 5.82 Å². The van der Waals surface area contributed by atoms with Crippen molar-refractivity contribution in [3.8, 4) is 11.9 Å². The highest BCUT2D eigenvalue weighted by molar-refractivity contribution is 5.66. The molecule has 108 valence electrons. The fraction of sp³-hybridized carbons (Fsp3) is 0.429. The van der Waals surface area contributed by atoms with Crippen molar-refractivity contribution in [3.63, 3.8) is 0 Å². The molecule has 1 saturated heterocycles. The van der Waals surface area contributed by atoms with Crippen LogP contribution in [0, 0.1) is 17.2 Å². The number of rotatable bonds is 2. The summed E-state index contributed by atoms with van der Waals surface area (Å²) in [5, 5.41) is 13.9. The van der Waals surface area contributed by atoms with Crippen LogP contribution < -0.4 is 10.6 Å². The summed E-state index contributed by atoms with van der Waals surface area (Å²) in [4.78, 5) is 10.3. The Hall–Kier alpha value is -2.62. The van der Waals surface area contributed by atoms with Crippen LogP contribution in [-0.4, -0.2) is 32.8 Å². The first-order valence-corrected chi connectivity index (χ1v) is 7.00. The van der Waals surface area contributed by atoms with E-state index in [4.69, 9.17) is 5.73 Å². The Morgan fingerprint density at radius 3 is 2.71 bits per heavy atom. The van der Waals surface area contributed by atoms with E-state index in [0.29, 0.717) is 28.9 Å². The van der Waals surface area contributed by atoms with Gasteiger partial charge < -0.3 is 10.6 Å². The Kier molecular flexibility index (Phi) is 3.44. The lowest BCUT2D eigenvalue weighted by molar-refractivity contribution is 0.436. The third-order valence-corrected chi connectivity index (χ3v) is 3.86. The number of nitrogens with zero attached hydrogens (tertiary/aromatic N) is 6. The van der Waals surface area contributed by atoms with Crippen LogP contribution in [0.15, 0.2) is 18.6 Å². The number of hydrogen-bond acceptors (Lipinski definition) is 6. The highest BCUT2D eigenvalue weighted by atomic mass is 15.4. The zero-order chi connectivity index (χ0) is 14.8. The van der Waals surface area contributed by atoms with E-state index in [-0.39, 0.29) is 0 Å². The van der Waals surface area contributed by atoms with Crippen molar-refractivity contribution in [3.05, 3.63) is 24.2 Å². The minimum atomic E-state index is 0.312. The average molecular weight is 283 g/mol. The maximum Gasteiger partial charge on any atom is 0.174 e. The minimum absolute atomic E-state index is 0.312. The maximum absolute atomic E-state index is 9.40. The van der Waals surface area contributed by atoms with Crippen LogP contribution in [0.4, 0.5) is 11.6 Å². The van der Waals surface area contributed by atoms with Crippen LogP contribution in [-0.2, 0) is 0 Å².